The van der Waals surface area contributed by atoms with E-state index in [0.717, 1.165) is 18.4 Å². The minimum absolute atomic E-state index is 0.313. The average molecular weight is 313 g/mol. The van der Waals surface area contributed by atoms with Crippen molar-refractivity contribution in [1.29, 1.82) is 0 Å². The molecule has 0 aliphatic heterocycles. The van der Waals surface area contributed by atoms with Gasteiger partial charge >= 0.3 is 0 Å². The van der Waals surface area contributed by atoms with Crippen LogP contribution in [-0.2, 0) is 6.42 Å². The van der Waals surface area contributed by atoms with E-state index in [1.54, 1.807) is 20.3 Å². The number of hydrogen-bond donors (Lipinski definition) is 2. The molecule has 0 spiro atoms. The normalized spacial score (nSPS) is 17.6. The van der Waals surface area contributed by atoms with Crippen molar-refractivity contribution in [1.82, 2.24) is 5.32 Å². The Bertz CT molecular complexity index is 649. The number of aliphatic hydroxyl groups excluding tert-OH is 1. The van der Waals surface area contributed by atoms with E-state index in [-0.39, 0.29) is 0 Å². The van der Waals surface area contributed by atoms with Gasteiger partial charge in [-0.15, -0.1) is 0 Å². The molecule has 2 aromatic carbocycles. The second-order valence-corrected chi connectivity index (χ2v) is 5.86. The number of hydrogen-bond acceptors (Lipinski definition) is 4. The van der Waals surface area contributed by atoms with Crippen LogP contribution in [0.4, 0.5) is 0 Å². The fraction of sp³-hybridized carbons (Fsp3) is 0.368. The Labute approximate surface area is 137 Å². The Morgan fingerprint density at radius 1 is 1.13 bits per heavy atom. The molecule has 0 unspecified atom stereocenters. The maximum Gasteiger partial charge on any atom is 0.122 e. The average Bonchev–Trinajstić information content (AvgIpc) is 3.02. The molecular formula is C19H23NO3. The van der Waals surface area contributed by atoms with Crippen molar-refractivity contribution in [2.24, 2.45) is 0 Å². The van der Waals surface area contributed by atoms with Gasteiger partial charge in [0.2, 0.25) is 0 Å². The molecule has 122 valence electrons. The number of ether oxygens (including phenoxy) is 2. The summed E-state index contributed by atoms with van der Waals surface area (Å²) in [6.07, 6.45) is 1.57. The summed E-state index contributed by atoms with van der Waals surface area (Å²) in [5, 5.41) is 14.0. The molecule has 23 heavy (non-hydrogen) atoms. The molecule has 1 aliphatic carbocycles. The first-order valence-electron chi connectivity index (χ1n) is 7.93. The maximum atomic E-state index is 10.5. The minimum atomic E-state index is -0.605. The lowest BCUT2D eigenvalue weighted by atomic mass is 10.1. The number of aryl methyl sites for hydroxylation is 1. The molecule has 0 aromatic heterocycles. The van der Waals surface area contributed by atoms with Crippen LogP contribution in [0.5, 0.6) is 11.5 Å². The number of methoxy groups -OCH3 is 2. The Balaban J connectivity index is 1.67. The van der Waals surface area contributed by atoms with Crippen LogP contribution in [0, 0.1) is 0 Å². The molecule has 0 saturated heterocycles. The maximum absolute atomic E-state index is 10.5. The summed E-state index contributed by atoms with van der Waals surface area (Å²) in [6, 6.07) is 14.3. The highest BCUT2D eigenvalue weighted by Crippen LogP contribution is 2.31. The summed E-state index contributed by atoms with van der Waals surface area (Å²) >= 11 is 0. The van der Waals surface area contributed by atoms with Crippen molar-refractivity contribution >= 4 is 0 Å². The van der Waals surface area contributed by atoms with Crippen LogP contribution in [0.25, 0.3) is 0 Å². The molecule has 2 atom stereocenters. The predicted octanol–water partition coefficient (Wildman–Crippen LogP) is 3.01. The molecule has 0 fully saturated rings. The van der Waals surface area contributed by atoms with Gasteiger partial charge in [0, 0.05) is 18.7 Å². The number of aliphatic hydroxyl groups is 1. The molecule has 0 saturated carbocycles. The van der Waals surface area contributed by atoms with Crippen LogP contribution < -0.4 is 14.8 Å². The van der Waals surface area contributed by atoms with E-state index in [1.807, 2.05) is 12.1 Å². The van der Waals surface area contributed by atoms with E-state index < -0.39 is 6.10 Å². The fourth-order valence-electron chi connectivity index (χ4n) is 3.16. The Kier molecular flexibility index (Phi) is 4.84. The van der Waals surface area contributed by atoms with Gasteiger partial charge in [0.25, 0.3) is 0 Å². The van der Waals surface area contributed by atoms with E-state index in [1.165, 1.54) is 11.1 Å². The molecule has 0 bridgehead atoms. The largest absolute Gasteiger partial charge is 0.497 e. The molecule has 3 rings (SSSR count). The van der Waals surface area contributed by atoms with Crippen molar-refractivity contribution in [3.05, 3.63) is 59.2 Å². The highest BCUT2D eigenvalue weighted by molar-refractivity contribution is 5.39. The van der Waals surface area contributed by atoms with Crippen LogP contribution in [0.3, 0.4) is 0 Å². The summed E-state index contributed by atoms with van der Waals surface area (Å²) in [5.74, 6) is 1.37. The van der Waals surface area contributed by atoms with Crippen LogP contribution >= 0.6 is 0 Å². The summed E-state index contributed by atoms with van der Waals surface area (Å²) in [5.41, 5.74) is 3.55. The van der Waals surface area contributed by atoms with Gasteiger partial charge < -0.3 is 19.9 Å². The number of fused-ring (bicyclic) bond motifs is 1. The van der Waals surface area contributed by atoms with Crippen molar-refractivity contribution in [3.63, 3.8) is 0 Å². The molecular weight excluding hydrogens is 290 g/mol. The van der Waals surface area contributed by atoms with E-state index in [2.05, 4.69) is 29.6 Å². The first kappa shape index (κ1) is 15.8. The first-order chi connectivity index (χ1) is 11.2. The van der Waals surface area contributed by atoms with Gasteiger partial charge in [-0.05, 0) is 41.7 Å². The van der Waals surface area contributed by atoms with Crippen LogP contribution in [-0.4, -0.2) is 25.9 Å². The van der Waals surface area contributed by atoms with Gasteiger partial charge in [0.15, 0.2) is 0 Å². The second-order valence-electron chi connectivity index (χ2n) is 5.86. The highest BCUT2D eigenvalue weighted by atomic mass is 16.5. The molecule has 2 N–H and O–H groups in total. The van der Waals surface area contributed by atoms with Crippen molar-refractivity contribution in [2.45, 2.75) is 25.0 Å². The van der Waals surface area contributed by atoms with Crippen LogP contribution in [0.1, 0.15) is 35.3 Å². The highest BCUT2D eigenvalue weighted by Gasteiger charge is 2.22. The SMILES string of the molecule is COc1cc(OC)cc([C@@H](O)CN[C@H]2CCc3ccccc32)c1. The third kappa shape index (κ3) is 3.49. The topological polar surface area (TPSA) is 50.7 Å². The Morgan fingerprint density at radius 3 is 2.52 bits per heavy atom. The van der Waals surface area contributed by atoms with Gasteiger partial charge in [0.1, 0.15) is 11.5 Å². The Morgan fingerprint density at radius 2 is 1.83 bits per heavy atom. The fourth-order valence-corrected chi connectivity index (χ4v) is 3.16. The standard InChI is InChI=1S/C19H23NO3/c1-22-15-9-14(10-16(11-15)23-2)19(21)12-20-18-8-7-13-5-3-4-6-17(13)18/h3-6,9-11,18-21H,7-8,12H2,1-2H3/t18-,19-/m0/s1. The lowest BCUT2D eigenvalue weighted by Gasteiger charge is -2.18. The van der Waals surface area contributed by atoms with Gasteiger partial charge in [-0.3, -0.25) is 0 Å². The quantitative estimate of drug-likeness (QED) is 0.861. The third-order valence-corrected chi connectivity index (χ3v) is 4.45. The molecule has 0 amide bonds. The smallest absolute Gasteiger partial charge is 0.122 e. The molecule has 4 heteroatoms. The van der Waals surface area contributed by atoms with Gasteiger partial charge in [-0.25, -0.2) is 0 Å². The van der Waals surface area contributed by atoms with Gasteiger partial charge in [-0.1, -0.05) is 24.3 Å². The van der Waals surface area contributed by atoms with Crippen molar-refractivity contribution in [2.75, 3.05) is 20.8 Å². The first-order valence-corrected chi connectivity index (χ1v) is 7.93. The summed E-state index contributed by atoms with van der Waals surface area (Å²) in [4.78, 5) is 0. The zero-order valence-corrected chi connectivity index (χ0v) is 13.6. The van der Waals surface area contributed by atoms with Gasteiger partial charge in [-0.2, -0.15) is 0 Å². The summed E-state index contributed by atoms with van der Waals surface area (Å²) in [6.45, 7) is 0.495. The molecule has 2 aromatic rings. The summed E-state index contributed by atoms with van der Waals surface area (Å²) in [7, 11) is 3.22. The van der Waals surface area contributed by atoms with E-state index in [9.17, 15) is 5.11 Å². The summed E-state index contributed by atoms with van der Waals surface area (Å²) < 4.78 is 10.5. The Hall–Kier alpha value is -2.04. The monoisotopic (exact) mass is 313 g/mol. The number of rotatable bonds is 6. The van der Waals surface area contributed by atoms with Gasteiger partial charge in [0.05, 0.1) is 20.3 Å². The zero-order valence-electron chi connectivity index (χ0n) is 13.6. The number of nitrogens with one attached hydrogen (secondary N) is 1. The molecule has 0 radical (unpaired) electrons. The molecule has 4 nitrogen and oxygen atoms in total. The lowest BCUT2D eigenvalue weighted by molar-refractivity contribution is 0.169. The minimum Gasteiger partial charge on any atom is -0.497 e. The van der Waals surface area contributed by atoms with Crippen LogP contribution in [0.15, 0.2) is 42.5 Å². The molecule has 0 heterocycles. The lowest BCUT2D eigenvalue weighted by Crippen LogP contribution is -2.25. The number of benzene rings is 2. The van der Waals surface area contributed by atoms with Crippen molar-refractivity contribution in [3.8, 4) is 11.5 Å². The van der Waals surface area contributed by atoms with E-state index >= 15 is 0 Å². The van der Waals surface area contributed by atoms with E-state index in [0.29, 0.717) is 24.1 Å². The predicted molar refractivity (Wildman–Crippen MR) is 90.0 cm³/mol. The molecule has 1 aliphatic rings. The van der Waals surface area contributed by atoms with E-state index in [4.69, 9.17) is 9.47 Å². The second kappa shape index (κ2) is 7.02. The van der Waals surface area contributed by atoms with Crippen LogP contribution in [0.2, 0.25) is 0 Å². The van der Waals surface area contributed by atoms with Crippen molar-refractivity contribution < 1.29 is 14.6 Å². The third-order valence-electron chi connectivity index (χ3n) is 4.45. The zero-order chi connectivity index (χ0) is 16.2.